The lowest BCUT2D eigenvalue weighted by molar-refractivity contribution is 0.0558. The van der Waals surface area contributed by atoms with Gasteiger partial charge in [-0.3, -0.25) is 0 Å². The molecule has 0 atom stereocenters. The van der Waals surface area contributed by atoms with Crippen LogP contribution >= 0.6 is 11.6 Å². The molecule has 0 fully saturated rings. The van der Waals surface area contributed by atoms with Crippen molar-refractivity contribution >= 4 is 39.8 Å². The Bertz CT molecular complexity index is 913. The van der Waals surface area contributed by atoms with Crippen LogP contribution in [0.1, 0.15) is 20.7 Å². The van der Waals surface area contributed by atoms with Gasteiger partial charge in [-0.2, -0.15) is 0 Å². The summed E-state index contributed by atoms with van der Waals surface area (Å²) in [7, 11) is 2.52. The number of aromatic nitrogens is 1. The molecule has 0 spiro atoms. The molecule has 3 rings (SSSR count). The minimum absolute atomic E-state index is 0.118. The van der Waals surface area contributed by atoms with Gasteiger partial charge in [-0.1, -0.05) is 35.9 Å². The Balaban J connectivity index is 2.54. The van der Waals surface area contributed by atoms with Gasteiger partial charge in [0, 0.05) is 11.6 Å². The number of halogens is 1. The second-order valence-corrected chi connectivity index (χ2v) is 5.06. The molecule has 112 valence electrons. The second kappa shape index (κ2) is 5.35. The number of nitrogens with zero attached hydrogens (tertiary/aromatic N) is 1. The van der Waals surface area contributed by atoms with Crippen LogP contribution in [0, 0.1) is 0 Å². The van der Waals surface area contributed by atoms with E-state index in [1.165, 1.54) is 20.4 Å². The number of ether oxygens (including phenoxy) is 2. The van der Waals surface area contributed by atoms with E-state index in [2.05, 4.69) is 0 Å². The summed E-state index contributed by atoms with van der Waals surface area (Å²) in [4.78, 5) is 24.2. The molecule has 0 saturated carbocycles. The quantitative estimate of drug-likeness (QED) is 0.537. The Kier molecular flexibility index (Phi) is 3.50. The number of rotatable bonds is 2. The number of hydrogen-bond acceptors (Lipinski definition) is 4. The van der Waals surface area contributed by atoms with Crippen LogP contribution in [0.2, 0.25) is 5.15 Å². The molecule has 0 bridgehead atoms. The molecule has 6 heteroatoms. The van der Waals surface area contributed by atoms with E-state index in [-0.39, 0.29) is 11.1 Å². The fraction of sp³-hybridized carbons (Fsp3) is 0.125. The molecule has 0 amide bonds. The Morgan fingerprint density at radius 1 is 1.09 bits per heavy atom. The highest BCUT2D eigenvalue weighted by Gasteiger charge is 2.26. The van der Waals surface area contributed by atoms with E-state index < -0.39 is 11.9 Å². The number of hydrogen-bond donors (Lipinski definition) is 0. The fourth-order valence-electron chi connectivity index (χ4n) is 2.55. The van der Waals surface area contributed by atoms with Crippen molar-refractivity contribution in [3.8, 4) is 0 Å². The standard InChI is InChI=1S/C16H12ClNO4/c1-21-15(19)11-8-18-12(17)7-9-5-3-4-6-10(9)14(18)13(11)16(20)22-2/h3-8H,1-2H3. The SMILES string of the molecule is COC(=O)c1cn2c(Cl)cc3ccccc3c2c1C(=O)OC. The summed E-state index contributed by atoms with van der Waals surface area (Å²) in [6.07, 6.45) is 1.49. The summed E-state index contributed by atoms with van der Waals surface area (Å²) in [6, 6.07) is 9.23. The summed E-state index contributed by atoms with van der Waals surface area (Å²) in [5.41, 5.74) is 0.788. The minimum atomic E-state index is -0.621. The Morgan fingerprint density at radius 3 is 2.45 bits per heavy atom. The first-order chi connectivity index (χ1) is 10.6. The van der Waals surface area contributed by atoms with Crippen molar-refractivity contribution in [1.82, 2.24) is 4.40 Å². The summed E-state index contributed by atoms with van der Waals surface area (Å²) in [6.45, 7) is 0. The molecule has 0 N–H and O–H groups in total. The molecule has 22 heavy (non-hydrogen) atoms. The van der Waals surface area contributed by atoms with Crippen LogP contribution in [0.4, 0.5) is 0 Å². The zero-order valence-corrected chi connectivity index (χ0v) is 12.7. The Hall–Kier alpha value is -2.53. The number of esters is 2. The van der Waals surface area contributed by atoms with E-state index in [4.69, 9.17) is 21.1 Å². The van der Waals surface area contributed by atoms with Gasteiger partial charge >= 0.3 is 11.9 Å². The number of carbonyl (C=O) groups excluding carboxylic acids is 2. The van der Waals surface area contributed by atoms with Crippen molar-refractivity contribution in [1.29, 1.82) is 0 Å². The van der Waals surface area contributed by atoms with Crippen molar-refractivity contribution in [2.24, 2.45) is 0 Å². The fourth-order valence-corrected chi connectivity index (χ4v) is 2.80. The molecule has 0 saturated heterocycles. The van der Waals surface area contributed by atoms with Crippen LogP contribution in [-0.2, 0) is 9.47 Å². The van der Waals surface area contributed by atoms with E-state index in [9.17, 15) is 9.59 Å². The molecule has 5 nitrogen and oxygen atoms in total. The highest BCUT2D eigenvalue weighted by Crippen LogP contribution is 2.31. The van der Waals surface area contributed by atoms with Crippen LogP contribution in [0.25, 0.3) is 16.3 Å². The number of fused-ring (bicyclic) bond motifs is 3. The predicted octanol–water partition coefficient (Wildman–Crippen LogP) is 3.32. The molecule has 2 heterocycles. The van der Waals surface area contributed by atoms with Crippen LogP contribution < -0.4 is 0 Å². The molecule has 2 aromatic heterocycles. The van der Waals surface area contributed by atoms with Gasteiger partial charge in [-0.15, -0.1) is 0 Å². The summed E-state index contributed by atoms with van der Waals surface area (Å²) in [5.74, 6) is -1.24. The number of carbonyl (C=O) groups is 2. The lowest BCUT2D eigenvalue weighted by Crippen LogP contribution is -2.09. The first-order valence-corrected chi connectivity index (χ1v) is 6.85. The van der Waals surface area contributed by atoms with E-state index in [1.807, 2.05) is 24.3 Å². The van der Waals surface area contributed by atoms with E-state index in [1.54, 1.807) is 10.5 Å². The van der Waals surface area contributed by atoms with Gasteiger partial charge in [0.1, 0.15) is 10.7 Å². The summed E-state index contributed by atoms with van der Waals surface area (Å²) < 4.78 is 11.2. The molecular weight excluding hydrogens is 306 g/mol. The van der Waals surface area contributed by atoms with Gasteiger partial charge in [-0.05, 0) is 11.5 Å². The minimum Gasteiger partial charge on any atom is -0.465 e. The molecule has 1 aromatic carbocycles. The third kappa shape index (κ3) is 2.02. The van der Waals surface area contributed by atoms with E-state index >= 15 is 0 Å². The van der Waals surface area contributed by atoms with Crippen molar-refractivity contribution in [2.45, 2.75) is 0 Å². The van der Waals surface area contributed by atoms with Crippen LogP contribution in [0.3, 0.4) is 0 Å². The zero-order valence-electron chi connectivity index (χ0n) is 11.9. The van der Waals surface area contributed by atoms with Crippen molar-refractivity contribution in [2.75, 3.05) is 14.2 Å². The first kappa shape index (κ1) is 14.4. The largest absolute Gasteiger partial charge is 0.465 e. The molecule has 0 radical (unpaired) electrons. The molecule has 3 aromatic rings. The highest BCUT2D eigenvalue weighted by atomic mass is 35.5. The van der Waals surface area contributed by atoms with Gasteiger partial charge in [0.25, 0.3) is 0 Å². The first-order valence-electron chi connectivity index (χ1n) is 6.47. The van der Waals surface area contributed by atoms with Gasteiger partial charge in [0.05, 0.1) is 25.3 Å². The van der Waals surface area contributed by atoms with E-state index in [0.717, 1.165) is 10.8 Å². The van der Waals surface area contributed by atoms with Crippen molar-refractivity contribution < 1.29 is 19.1 Å². The number of pyridine rings is 1. The smallest absolute Gasteiger partial charge is 0.340 e. The molecule has 0 unspecified atom stereocenters. The monoisotopic (exact) mass is 317 g/mol. The van der Waals surface area contributed by atoms with Gasteiger partial charge in [0.15, 0.2) is 0 Å². The Morgan fingerprint density at radius 2 is 1.77 bits per heavy atom. The third-order valence-corrected chi connectivity index (χ3v) is 3.81. The maximum atomic E-state index is 12.2. The van der Waals surface area contributed by atoms with Gasteiger partial charge < -0.3 is 13.9 Å². The van der Waals surface area contributed by atoms with Gasteiger partial charge in [0.2, 0.25) is 0 Å². The molecule has 0 aliphatic carbocycles. The lowest BCUT2D eigenvalue weighted by atomic mass is 10.1. The summed E-state index contributed by atoms with van der Waals surface area (Å²) in [5, 5.41) is 2.04. The maximum absolute atomic E-state index is 12.2. The van der Waals surface area contributed by atoms with Crippen molar-refractivity contribution in [3.05, 3.63) is 52.8 Å². The highest BCUT2D eigenvalue weighted by molar-refractivity contribution is 6.31. The average Bonchev–Trinajstić information content (AvgIpc) is 2.95. The molecular formula is C16H12ClNO4. The van der Waals surface area contributed by atoms with Crippen molar-refractivity contribution in [3.63, 3.8) is 0 Å². The number of methoxy groups -OCH3 is 2. The maximum Gasteiger partial charge on any atom is 0.340 e. The van der Waals surface area contributed by atoms with Crippen LogP contribution in [0.5, 0.6) is 0 Å². The average molecular weight is 318 g/mol. The molecule has 0 aliphatic rings. The normalized spacial score (nSPS) is 10.9. The zero-order chi connectivity index (χ0) is 15.9. The topological polar surface area (TPSA) is 57.0 Å². The predicted molar refractivity (Wildman–Crippen MR) is 82.6 cm³/mol. The summed E-state index contributed by atoms with van der Waals surface area (Å²) >= 11 is 6.28. The number of benzene rings is 1. The van der Waals surface area contributed by atoms with Gasteiger partial charge in [-0.25, -0.2) is 9.59 Å². The van der Waals surface area contributed by atoms with Crippen LogP contribution in [-0.4, -0.2) is 30.6 Å². The molecule has 0 aliphatic heterocycles. The van der Waals surface area contributed by atoms with E-state index in [0.29, 0.717) is 10.7 Å². The van der Waals surface area contributed by atoms with Crippen LogP contribution in [0.15, 0.2) is 36.5 Å². The third-order valence-electron chi connectivity index (χ3n) is 3.52. The Labute approximate surface area is 131 Å². The lowest BCUT2D eigenvalue weighted by Gasteiger charge is -2.06. The second-order valence-electron chi connectivity index (χ2n) is 4.67.